The second-order valence-electron chi connectivity index (χ2n) is 11.1. The number of carbonyl (C=O) groups is 2. The van der Waals surface area contributed by atoms with Gasteiger partial charge < -0.3 is 30.4 Å². The van der Waals surface area contributed by atoms with Gasteiger partial charge in [0.2, 0.25) is 0 Å². The van der Waals surface area contributed by atoms with E-state index in [1.54, 1.807) is 42.8 Å². The van der Waals surface area contributed by atoms with E-state index in [0.29, 0.717) is 41.6 Å². The van der Waals surface area contributed by atoms with E-state index >= 15 is 0 Å². The van der Waals surface area contributed by atoms with Crippen molar-refractivity contribution in [3.8, 4) is 17.2 Å². The Morgan fingerprint density at radius 3 is 2.46 bits per heavy atom. The molecule has 208 valence electrons. The van der Waals surface area contributed by atoms with Crippen molar-refractivity contribution >= 4 is 17.3 Å². The van der Waals surface area contributed by atoms with E-state index in [-0.39, 0.29) is 30.2 Å². The molecule has 4 N–H and O–H groups in total. The molecule has 2 aromatic heterocycles. The summed E-state index contributed by atoms with van der Waals surface area (Å²) < 4.78 is 19.3. The van der Waals surface area contributed by atoms with Crippen LogP contribution in [0, 0.1) is 0 Å². The molecule has 0 atom stereocenters. The Bertz CT molecular complexity index is 1370. The van der Waals surface area contributed by atoms with Crippen LogP contribution in [0.25, 0.3) is 5.52 Å². The highest BCUT2D eigenvalue weighted by atomic mass is 16.5. The van der Waals surface area contributed by atoms with Gasteiger partial charge in [-0.3, -0.25) is 9.59 Å². The smallest absolute Gasteiger partial charge is 0.255 e. The zero-order valence-electron chi connectivity index (χ0n) is 22.6. The molecular formula is C29H36N4O6. The van der Waals surface area contributed by atoms with Gasteiger partial charge in [0.15, 0.2) is 11.5 Å². The lowest BCUT2D eigenvalue weighted by Gasteiger charge is -2.30. The highest BCUT2D eigenvalue weighted by Crippen LogP contribution is 2.44. The summed E-state index contributed by atoms with van der Waals surface area (Å²) >= 11 is 0. The lowest BCUT2D eigenvalue weighted by molar-refractivity contribution is 0.0279. The number of para-hydroxylation sites is 1. The first-order valence-electron chi connectivity index (χ1n) is 13.4. The SMILES string of the molecule is COc1cccc(C(N)=O)c1OC1CCC(NC(=O)c2cnn3c(C4CC4)c(OCC(C)(C)O)ccc23)CC1. The first-order chi connectivity index (χ1) is 18.6. The number of amides is 2. The molecule has 10 nitrogen and oxygen atoms in total. The molecule has 0 bridgehead atoms. The highest BCUT2D eigenvalue weighted by Gasteiger charge is 2.32. The normalized spacial score (nSPS) is 19.5. The van der Waals surface area contributed by atoms with Gasteiger partial charge in [-0.25, -0.2) is 4.52 Å². The van der Waals surface area contributed by atoms with Crippen LogP contribution in [0.2, 0.25) is 0 Å². The molecular weight excluding hydrogens is 500 g/mol. The molecule has 0 saturated heterocycles. The van der Waals surface area contributed by atoms with Crippen LogP contribution >= 0.6 is 0 Å². The Balaban J connectivity index is 1.24. The van der Waals surface area contributed by atoms with Gasteiger partial charge in [-0.1, -0.05) is 6.07 Å². The molecule has 2 amide bonds. The van der Waals surface area contributed by atoms with Gasteiger partial charge >= 0.3 is 0 Å². The van der Waals surface area contributed by atoms with Crippen molar-refractivity contribution in [3.05, 3.63) is 53.3 Å². The summed E-state index contributed by atoms with van der Waals surface area (Å²) in [7, 11) is 1.52. The minimum Gasteiger partial charge on any atom is -0.493 e. The average Bonchev–Trinajstić information content (AvgIpc) is 3.65. The van der Waals surface area contributed by atoms with Crippen molar-refractivity contribution in [1.29, 1.82) is 0 Å². The molecule has 0 radical (unpaired) electrons. The van der Waals surface area contributed by atoms with Crippen LogP contribution in [0.15, 0.2) is 36.5 Å². The summed E-state index contributed by atoms with van der Waals surface area (Å²) in [4.78, 5) is 25.2. The average molecular weight is 537 g/mol. The summed E-state index contributed by atoms with van der Waals surface area (Å²) in [6.45, 7) is 3.57. The molecule has 0 spiro atoms. The fourth-order valence-electron chi connectivity index (χ4n) is 5.08. The summed E-state index contributed by atoms with van der Waals surface area (Å²) in [5.41, 5.74) is 7.06. The van der Waals surface area contributed by atoms with E-state index in [1.165, 1.54) is 7.11 Å². The molecule has 10 heteroatoms. The van der Waals surface area contributed by atoms with Gasteiger partial charge in [0.1, 0.15) is 12.4 Å². The van der Waals surface area contributed by atoms with Gasteiger partial charge in [0.25, 0.3) is 11.8 Å². The number of ether oxygens (including phenoxy) is 3. The quantitative estimate of drug-likeness (QED) is 0.360. The van der Waals surface area contributed by atoms with Crippen LogP contribution < -0.4 is 25.3 Å². The molecule has 39 heavy (non-hydrogen) atoms. The van der Waals surface area contributed by atoms with Crippen molar-refractivity contribution in [2.45, 2.75) is 76.0 Å². The summed E-state index contributed by atoms with van der Waals surface area (Å²) in [6.07, 6.45) is 6.47. The second-order valence-corrected chi connectivity index (χ2v) is 11.1. The standard InChI is InChI=1S/C29H36N4O6/c1-29(2,36)16-38-23-14-13-22-21(15-31-33(22)25(23)17-7-8-17)28(35)32-18-9-11-19(12-10-18)39-26-20(27(30)34)5-4-6-24(26)37-3/h4-6,13-15,17-19,36H,7-12,16H2,1-3H3,(H2,30,34)(H,32,35). The number of carbonyl (C=O) groups excluding carboxylic acids is 2. The van der Waals surface area contributed by atoms with Crippen molar-refractivity contribution in [2.24, 2.45) is 5.73 Å². The zero-order valence-corrected chi connectivity index (χ0v) is 22.6. The molecule has 2 fully saturated rings. The van der Waals surface area contributed by atoms with E-state index in [9.17, 15) is 14.7 Å². The third-order valence-electron chi connectivity index (χ3n) is 7.23. The van der Waals surface area contributed by atoms with Gasteiger partial charge in [-0.15, -0.1) is 0 Å². The van der Waals surface area contributed by atoms with E-state index in [0.717, 1.165) is 36.9 Å². The third kappa shape index (κ3) is 5.95. The Morgan fingerprint density at radius 1 is 1.08 bits per heavy atom. The maximum absolute atomic E-state index is 13.3. The lowest BCUT2D eigenvalue weighted by atomic mass is 9.92. The molecule has 2 aliphatic carbocycles. The first kappa shape index (κ1) is 26.8. The van der Waals surface area contributed by atoms with E-state index in [1.807, 2.05) is 12.1 Å². The predicted octanol–water partition coefficient (Wildman–Crippen LogP) is 3.59. The number of methoxy groups -OCH3 is 1. The molecule has 0 unspecified atom stereocenters. The Labute approximate surface area is 227 Å². The van der Waals surface area contributed by atoms with Crippen LogP contribution in [0.1, 0.15) is 84.7 Å². The van der Waals surface area contributed by atoms with Gasteiger partial charge in [-0.2, -0.15) is 5.10 Å². The van der Waals surface area contributed by atoms with Gasteiger partial charge in [-0.05, 0) is 76.6 Å². The number of hydrogen-bond donors (Lipinski definition) is 3. The Kier molecular flexibility index (Phi) is 7.40. The molecule has 2 aliphatic rings. The third-order valence-corrected chi connectivity index (χ3v) is 7.23. The van der Waals surface area contributed by atoms with Crippen molar-refractivity contribution < 1.29 is 28.9 Å². The molecule has 3 aromatic rings. The summed E-state index contributed by atoms with van der Waals surface area (Å²) in [5.74, 6) is 1.11. The number of benzene rings is 1. The predicted molar refractivity (Wildman–Crippen MR) is 145 cm³/mol. The van der Waals surface area contributed by atoms with Crippen LogP contribution in [0.3, 0.4) is 0 Å². The number of nitrogens with one attached hydrogen (secondary N) is 1. The fourth-order valence-corrected chi connectivity index (χ4v) is 5.08. The maximum atomic E-state index is 13.3. The lowest BCUT2D eigenvalue weighted by Crippen LogP contribution is -2.39. The van der Waals surface area contributed by atoms with Crippen molar-refractivity contribution in [1.82, 2.24) is 14.9 Å². The molecule has 5 rings (SSSR count). The number of pyridine rings is 1. The molecule has 1 aromatic carbocycles. The van der Waals surface area contributed by atoms with Crippen molar-refractivity contribution in [3.63, 3.8) is 0 Å². The largest absolute Gasteiger partial charge is 0.493 e. The van der Waals surface area contributed by atoms with Crippen LogP contribution in [0.5, 0.6) is 17.2 Å². The number of aliphatic hydroxyl groups is 1. The van der Waals surface area contributed by atoms with Crippen LogP contribution in [-0.4, -0.2) is 58.0 Å². The first-order valence-corrected chi connectivity index (χ1v) is 13.4. The van der Waals surface area contributed by atoms with E-state index in [4.69, 9.17) is 19.9 Å². The second kappa shape index (κ2) is 10.8. The van der Waals surface area contributed by atoms with Gasteiger partial charge in [0, 0.05) is 12.0 Å². The summed E-state index contributed by atoms with van der Waals surface area (Å²) in [6, 6.07) is 8.78. The number of rotatable bonds is 10. The Hall–Kier alpha value is -3.79. The van der Waals surface area contributed by atoms with Crippen LogP contribution in [-0.2, 0) is 0 Å². The number of primary amides is 1. The number of nitrogens with zero attached hydrogens (tertiary/aromatic N) is 2. The highest BCUT2D eigenvalue weighted by molar-refractivity contribution is 6.01. The molecule has 2 heterocycles. The summed E-state index contributed by atoms with van der Waals surface area (Å²) in [5, 5.41) is 17.8. The number of hydrogen-bond acceptors (Lipinski definition) is 7. The minimum atomic E-state index is -0.952. The van der Waals surface area contributed by atoms with Crippen LogP contribution in [0.4, 0.5) is 0 Å². The maximum Gasteiger partial charge on any atom is 0.255 e. The number of nitrogens with two attached hydrogens (primary N) is 1. The van der Waals surface area contributed by atoms with E-state index in [2.05, 4.69) is 10.4 Å². The molecule has 2 saturated carbocycles. The monoisotopic (exact) mass is 536 g/mol. The number of fused-ring (bicyclic) bond motifs is 1. The topological polar surface area (TPSA) is 137 Å². The van der Waals surface area contributed by atoms with E-state index < -0.39 is 11.5 Å². The molecule has 0 aliphatic heterocycles. The fraction of sp³-hybridized carbons (Fsp3) is 0.483. The minimum absolute atomic E-state index is 0.00197. The van der Waals surface area contributed by atoms with Gasteiger partial charge in [0.05, 0.1) is 47.3 Å². The van der Waals surface area contributed by atoms with Crippen molar-refractivity contribution in [2.75, 3.05) is 13.7 Å². The Morgan fingerprint density at radius 2 is 1.82 bits per heavy atom. The number of aromatic nitrogens is 2. The zero-order chi connectivity index (χ0) is 27.7.